The van der Waals surface area contributed by atoms with E-state index < -0.39 is 5.97 Å². The molecule has 1 aliphatic carbocycles. The largest absolute Gasteiger partial charge is 0.480 e. The van der Waals surface area contributed by atoms with E-state index in [9.17, 15) is 4.79 Å². The minimum atomic E-state index is -0.733. The Morgan fingerprint density at radius 2 is 2.05 bits per heavy atom. The zero-order chi connectivity index (χ0) is 15.4. The van der Waals surface area contributed by atoms with E-state index in [0.717, 1.165) is 25.9 Å². The zero-order valence-corrected chi connectivity index (χ0v) is 13.2. The molecule has 0 unspecified atom stereocenters. The Morgan fingerprint density at radius 1 is 1.33 bits per heavy atom. The molecule has 4 nitrogen and oxygen atoms in total. The van der Waals surface area contributed by atoms with Gasteiger partial charge in [-0.15, -0.1) is 0 Å². The molecule has 4 heteroatoms. The zero-order valence-electron chi connectivity index (χ0n) is 13.2. The third-order valence-corrected chi connectivity index (χ3v) is 4.54. The number of likely N-dealkylation sites (N-methyl/N-ethyl adjacent to an activating group) is 1. The number of carbonyl (C=O) groups is 1. The molecule has 21 heavy (non-hydrogen) atoms. The highest BCUT2D eigenvalue weighted by atomic mass is 16.4. The van der Waals surface area contributed by atoms with Gasteiger partial charge in [0.05, 0.1) is 6.54 Å². The fourth-order valence-electron chi connectivity index (χ4n) is 2.90. The predicted molar refractivity (Wildman–Crippen MR) is 84.4 cm³/mol. The van der Waals surface area contributed by atoms with Crippen molar-refractivity contribution in [3.63, 3.8) is 0 Å². The molecule has 1 saturated carbocycles. The van der Waals surface area contributed by atoms with Crippen molar-refractivity contribution in [2.45, 2.75) is 52.2 Å². The van der Waals surface area contributed by atoms with Crippen LogP contribution in [-0.4, -0.2) is 41.1 Å². The second-order valence-electron chi connectivity index (χ2n) is 6.08. The van der Waals surface area contributed by atoms with Crippen LogP contribution >= 0.6 is 0 Å². The molecule has 0 bridgehead atoms. The Morgan fingerprint density at radius 3 is 2.62 bits per heavy atom. The van der Waals surface area contributed by atoms with Crippen molar-refractivity contribution in [1.29, 1.82) is 0 Å². The van der Waals surface area contributed by atoms with Crippen LogP contribution < -0.4 is 5.32 Å². The average molecular weight is 290 g/mol. The van der Waals surface area contributed by atoms with Crippen LogP contribution in [0.25, 0.3) is 0 Å². The van der Waals surface area contributed by atoms with Crippen molar-refractivity contribution in [3.8, 4) is 0 Å². The average Bonchev–Trinajstić information content (AvgIpc) is 2.39. The first-order valence-corrected chi connectivity index (χ1v) is 7.75. The summed E-state index contributed by atoms with van der Waals surface area (Å²) < 4.78 is 0. The van der Waals surface area contributed by atoms with Crippen molar-refractivity contribution >= 4 is 5.97 Å². The highest BCUT2D eigenvalue weighted by Gasteiger charge is 2.33. The van der Waals surface area contributed by atoms with Gasteiger partial charge in [-0.1, -0.05) is 25.1 Å². The maximum Gasteiger partial charge on any atom is 0.317 e. The Labute approximate surface area is 127 Å². The summed E-state index contributed by atoms with van der Waals surface area (Å²) in [4.78, 5) is 12.9. The van der Waals surface area contributed by atoms with Crippen molar-refractivity contribution in [3.05, 3.63) is 34.9 Å². The van der Waals surface area contributed by atoms with Crippen LogP contribution in [0.15, 0.2) is 18.2 Å². The molecular weight excluding hydrogens is 264 g/mol. The number of aryl methyl sites for hydroxylation is 2. The smallest absolute Gasteiger partial charge is 0.317 e. The fourth-order valence-corrected chi connectivity index (χ4v) is 2.90. The summed E-state index contributed by atoms with van der Waals surface area (Å²) in [5.41, 5.74) is 3.98. The monoisotopic (exact) mass is 290 g/mol. The summed E-state index contributed by atoms with van der Waals surface area (Å²) >= 11 is 0. The van der Waals surface area contributed by atoms with Crippen LogP contribution in [0.5, 0.6) is 0 Å². The van der Waals surface area contributed by atoms with Gasteiger partial charge >= 0.3 is 5.97 Å². The first kappa shape index (κ1) is 16.0. The molecular formula is C17H26N2O2. The van der Waals surface area contributed by atoms with Crippen LogP contribution in [0, 0.1) is 13.8 Å². The van der Waals surface area contributed by atoms with E-state index in [1.54, 1.807) is 0 Å². The van der Waals surface area contributed by atoms with Crippen molar-refractivity contribution in [1.82, 2.24) is 10.2 Å². The summed E-state index contributed by atoms with van der Waals surface area (Å²) in [6.45, 7) is 8.16. The number of nitrogens with zero attached hydrogens (tertiary/aromatic N) is 1. The number of aliphatic carboxylic acids is 1. The summed E-state index contributed by atoms with van der Waals surface area (Å²) in [6.07, 6.45) is 2.10. The van der Waals surface area contributed by atoms with E-state index in [1.807, 2.05) is 6.92 Å². The molecule has 0 aromatic heterocycles. The van der Waals surface area contributed by atoms with E-state index in [0.29, 0.717) is 12.1 Å². The van der Waals surface area contributed by atoms with Gasteiger partial charge in [0.2, 0.25) is 0 Å². The van der Waals surface area contributed by atoms with Gasteiger partial charge in [0.25, 0.3) is 0 Å². The van der Waals surface area contributed by atoms with E-state index in [2.05, 4.69) is 42.3 Å². The van der Waals surface area contributed by atoms with E-state index in [-0.39, 0.29) is 6.54 Å². The summed E-state index contributed by atoms with van der Waals surface area (Å²) in [6, 6.07) is 7.51. The van der Waals surface area contributed by atoms with Crippen molar-refractivity contribution in [2.75, 3.05) is 13.1 Å². The van der Waals surface area contributed by atoms with Gasteiger partial charge in [-0.3, -0.25) is 9.69 Å². The Bertz CT molecular complexity index is 496. The molecule has 0 aliphatic heterocycles. The molecule has 0 amide bonds. The Kier molecular flexibility index (Phi) is 5.37. The van der Waals surface area contributed by atoms with Gasteiger partial charge in [-0.05, 0) is 49.9 Å². The second-order valence-corrected chi connectivity index (χ2v) is 6.08. The highest BCUT2D eigenvalue weighted by molar-refractivity contribution is 5.69. The molecule has 0 atom stereocenters. The number of hydrogen-bond donors (Lipinski definition) is 2. The molecule has 1 aromatic rings. The predicted octanol–water partition coefficient (Wildman–Crippen LogP) is 2.33. The van der Waals surface area contributed by atoms with Crippen LogP contribution in [0.4, 0.5) is 0 Å². The van der Waals surface area contributed by atoms with Crippen molar-refractivity contribution in [2.24, 2.45) is 0 Å². The molecule has 116 valence electrons. The minimum absolute atomic E-state index is 0.158. The molecule has 0 heterocycles. The fraction of sp³-hybridized carbons (Fsp3) is 0.588. The minimum Gasteiger partial charge on any atom is -0.480 e. The van der Waals surface area contributed by atoms with Gasteiger partial charge in [0, 0.05) is 18.6 Å². The molecule has 1 aromatic carbocycles. The lowest BCUT2D eigenvalue weighted by Gasteiger charge is -2.42. The first-order chi connectivity index (χ1) is 9.99. The van der Waals surface area contributed by atoms with E-state index in [1.165, 1.54) is 16.7 Å². The standard InChI is InChI=1S/C17H26N2O2/c1-4-19(11-17(20)21)16-8-15(9-16)18-10-14-6-5-12(2)13(3)7-14/h5-7,15-16,18H,4,8-11H2,1-3H3,(H,20,21). The number of benzene rings is 1. The van der Waals surface area contributed by atoms with Crippen molar-refractivity contribution < 1.29 is 9.90 Å². The topological polar surface area (TPSA) is 52.6 Å². The molecule has 1 aliphatic rings. The maximum atomic E-state index is 10.8. The first-order valence-electron chi connectivity index (χ1n) is 7.75. The summed E-state index contributed by atoms with van der Waals surface area (Å²) in [5, 5.41) is 12.5. The maximum absolute atomic E-state index is 10.8. The second kappa shape index (κ2) is 7.05. The number of rotatable bonds is 7. The quantitative estimate of drug-likeness (QED) is 0.809. The van der Waals surface area contributed by atoms with Gasteiger partial charge in [0.15, 0.2) is 0 Å². The lowest BCUT2D eigenvalue weighted by Crippen LogP contribution is -2.53. The lowest BCUT2D eigenvalue weighted by atomic mass is 9.85. The number of nitrogens with one attached hydrogen (secondary N) is 1. The number of carboxylic acid groups (broad SMARTS) is 1. The third-order valence-electron chi connectivity index (χ3n) is 4.54. The van der Waals surface area contributed by atoms with Gasteiger partial charge in [-0.2, -0.15) is 0 Å². The van der Waals surface area contributed by atoms with Crippen LogP contribution in [-0.2, 0) is 11.3 Å². The Hall–Kier alpha value is -1.39. The molecule has 2 N–H and O–H groups in total. The molecule has 2 rings (SSSR count). The van der Waals surface area contributed by atoms with E-state index in [4.69, 9.17) is 5.11 Å². The molecule has 0 spiro atoms. The van der Waals surface area contributed by atoms with Crippen LogP contribution in [0.3, 0.4) is 0 Å². The number of carboxylic acids is 1. The lowest BCUT2D eigenvalue weighted by molar-refractivity contribution is -0.139. The normalized spacial score (nSPS) is 21.3. The molecule has 0 saturated heterocycles. The van der Waals surface area contributed by atoms with Gasteiger partial charge in [-0.25, -0.2) is 0 Å². The SMILES string of the molecule is CCN(CC(=O)O)C1CC(NCc2ccc(C)c(C)c2)C1. The number of hydrogen-bond acceptors (Lipinski definition) is 3. The Balaban J connectivity index is 1.75. The third kappa shape index (κ3) is 4.29. The highest BCUT2D eigenvalue weighted by Crippen LogP contribution is 2.26. The molecule has 0 radical (unpaired) electrons. The van der Waals surface area contributed by atoms with Crippen LogP contribution in [0.1, 0.15) is 36.5 Å². The van der Waals surface area contributed by atoms with E-state index >= 15 is 0 Å². The summed E-state index contributed by atoms with van der Waals surface area (Å²) in [5.74, 6) is -0.733. The van der Waals surface area contributed by atoms with Gasteiger partial charge in [0.1, 0.15) is 0 Å². The van der Waals surface area contributed by atoms with Crippen LogP contribution in [0.2, 0.25) is 0 Å². The molecule has 1 fully saturated rings. The van der Waals surface area contributed by atoms with Gasteiger partial charge < -0.3 is 10.4 Å². The summed E-state index contributed by atoms with van der Waals surface area (Å²) in [7, 11) is 0.